The van der Waals surface area contributed by atoms with Gasteiger partial charge in [0, 0.05) is 11.3 Å². The molecule has 0 radical (unpaired) electrons. The Morgan fingerprint density at radius 3 is 2.67 bits per heavy atom. The lowest BCUT2D eigenvalue weighted by atomic mass is 10.2. The van der Waals surface area contributed by atoms with Gasteiger partial charge in [-0.1, -0.05) is 6.08 Å². The van der Waals surface area contributed by atoms with Gasteiger partial charge in [0.2, 0.25) is 0 Å². The number of aliphatic carboxylic acids is 1. The highest BCUT2D eigenvalue weighted by atomic mass is 32.2. The number of rotatable bonds is 6. The fraction of sp³-hybridized carbons (Fsp3) is 0.625. The van der Waals surface area contributed by atoms with Crippen LogP contribution in [-0.4, -0.2) is 34.3 Å². The zero-order valence-corrected chi connectivity index (χ0v) is 7.93. The summed E-state index contributed by atoms with van der Waals surface area (Å²) in [5, 5.41) is 16.9. The SMILES string of the molecule is CC(=CCCSCCO)C(=O)O. The van der Waals surface area contributed by atoms with Crippen LogP contribution in [0.4, 0.5) is 0 Å². The lowest BCUT2D eigenvalue weighted by Crippen LogP contribution is -1.96. The first-order valence-corrected chi connectivity index (χ1v) is 4.92. The van der Waals surface area contributed by atoms with Gasteiger partial charge in [0.1, 0.15) is 0 Å². The summed E-state index contributed by atoms with van der Waals surface area (Å²) in [6.45, 7) is 1.77. The highest BCUT2D eigenvalue weighted by molar-refractivity contribution is 7.99. The number of thioether (sulfide) groups is 1. The number of aliphatic hydroxyl groups excluding tert-OH is 1. The second-order valence-electron chi connectivity index (χ2n) is 2.32. The topological polar surface area (TPSA) is 57.5 Å². The molecule has 0 aliphatic rings. The Balaban J connectivity index is 3.40. The van der Waals surface area contributed by atoms with Crippen molar-refractivity contribution < 1.29 is 15.0 Å². The summed E-state index contributed by atoms with van der Waals surface area (Å²) in [6, 6.07) is 0. The summed E-state index contributed by atoms with van der Waals surface area (Å²) < 4.78 is 0. The normalized spacial score (nSPS) is 11.7. The van der Waals surface area contributed by atoms with Crippen molar-refractivity contribution in [1.29, 1.82) is 0 Å². The van der Waals surface area contributed by atoms with E-state index in [2.05, 4.69) is 0 Å². The average Bonchev–Trinajstić information content (AvgIpc) is 2.03. The van der Waals surface area contributed by atoms with Gasteiger partial charge in [-0.3, -0.25) is 0 Å². The molecule has 0 saturated heterocycles. The van der Waals surface area contributed by atoms with E-state index in [1.54, 1.807) is 24.8 Å². The van der Waals surface area contributed by atoms with Crippen LogP contribution >= 0.6 is 11.8 Å². The molecule has 0 fully saturated rings. The van der Waals surface area contributed by atoms with Crippen LogP contribution in [0.1, 0.15) is 13.3 Å². The zero-order valence-electron chi connectivity index (χ0n) is 7.12. The van der Waals surface area contributed by atoms with Crippen LogP contribution in [0.25, 0.3) is 0 Å². The molecule has 0 aromatic heterocycles. The van der Waals surface area contributed by atoms with Gasteiger partial charge in [-0.2, -0.15) is 11.8 Å². The Hall–Kier alpha value is -0.480. The third-order valence-electron chi connectivity index (χ3n) is 1.29. The summed E-state index contributed by atoms with van der Waals surface area (Å²) in [6.07, 6.45) is 2.45. The van der Waals surface area contributed by atoms with E-state index in [0.29, 0.717) is 5.57 Å². The van der Waals surface area contributed by atoms with Gasteiger partial charge in [0.15, 0.2) is 0 Å². The summed E-state index contributed by atoms with van der Waals surface area (Å²) in [4.78, 5) is 10.3. The first-order valence-electron chi connectivity index (χ1n) is 3.77. The van der Waals surface area contributed by atoms with Crippen molar-refractivity contribution >= 4 is 17.7 Å². The third-order valence-corrected chi connectivity index (χ3v) is 2.28. The number of allylic oxidation sites excluding steroid dienone is 1. The van der Waals surface area contributed by atoms with Crippen molar-refractivity contribution in [3.8, 4) is 0 Å². The number of aliphatic hydroxyl groups is 1. The van der Waals surface area contributed by atoms with E-state index in [4.69, 9.17) is 10.2 Å². The maximum Gasteiger partial charge on any atom is 0.330 e. The van der Waals surface area contributed by atoms with Gasteiger partial charge >= 0.3 is 5.97 Å². The maximum atomic E-state index is 10.3. The molecule has 12 heavy (non-hydrogen) atoms. The molecule has 0 saturated carbocycles. The predicted molar refractivity (Wildman–Crippen MR) is 50.4 cm³/mol. The van der Waals surface area contributed by atoms with Crippen molar-refractivity contribution in [3.63, 3.8) is 0 Å². The molecule has 0 heterocycles. The molecule has 0 aromatic carbocycles. The van der Waals surface area contributed by atoms with Crippen molar-refractivity contribution in [2.75, 3.05) is 18.1 Å². The quantitative estimate of drug-likeness (QED) is 0.487. The van der Waals surface area contributed by atoms with Crippen LogP contribution in [0.3, 0.4) is 0 Å². The van der Waals surface area contributed by atoms with Crippen molar-refractivity contribution in [3.05, 3.63) is 11.6 Å². The monoisotopic (exact) mass is 190 g/mol. The number of hydrogen-bond donors (Lipinski definition) is 2. The minimum absolute atomic E-state index is 0.187. The zero-order chi connectivity index (χ0) is 9.40. The summed E-state index contributed by atoms with van der Waals surface area (Å²) in [5.74, 6) is 0.729. The van der Waals surface area contributed by atoms with Crippen molar-refractivity contribution in [2.24, 2.45) is 0 Å². The van der Waals surface area contributed by atoms with Crippen LogP contribution in [0.15, 0.2) is 11.6 Å². The van der Waals surface area contributed by atoms with E-state index in [1.807, 2.05) is 0 Å². The molecule has 0 amide bonds. The van der Waals surface area contributed by atoms with E-state index in [1.165, 1.54) is 0 Å². The summed E-state index contributed by atoms with van der Waals surface area (Å²) in [7, 11) is 0. The van der Waals surface area contributed by atoms with Crippen LogP contribution in [-0.2, 0) is 4.79 Å². The van der Waals surface area contributed by atoms with E-state index in [0.717, 1.165) is 17.9 Å². The second-order valence-corrected chi connectivity index (χ2v) is 3.54. The number of hydrogen-bond acceptors (Lipinski definition) is 3. The molecule has 3 nitrogen and oxygen atoms in total. The highest BCUT2D eigenvalue weighted by Crippen LogP contribution is 2.03. The Morgan fingerprint density at radius 2 is 2.17 bits per heavy atom. The first-order chi connectivity index (χ1) is 5.68. The standard InChI is InChI=1S/C8H14O3S/c1-7(8(10)11)3-2-5-12-6-4-9/h3,9H,2,4-6H2,1H3,(H,10,11). The molecule has 70 valence electrons. The summed E-state index contributed by atoms with van der Waals surface area (Å²) in [5.41, 5.74) is 0.389. The first kappa shape index (κ1) is 11.5. The molecule has 0 atom stereocenters. The molecular formula is C8H14O3S. The lowest BCUT2D eigenvalue weighted by Gasteiger charge is -1.95. The fourth-order valence-corrected chi connectivity index (χ4v) is 1.23. The van der Waals surface area contributed by atoms with Crippen LogP contribution < -0.4 is 0 Å². The van der Waals surface area contributed by atoms with Crippen molar-refractivity contribution in [1.82, 2.24) is 0 Å². The number of carboxylic acid groups (broad SMARTS) is 1. The Bertz CT molecular complexity index is 166. The fourth-order valence-electron chi connectivity index (χ4n) is 0.613. The largest absolute Gasteiger partial charge is 0.478 e. The van der Waals surface area contributed by atoms with Gasteiger partial charge in [0.25, 0.3) is 0 Å². The van der Waals surface area contributed by atoms with Gasteiger partial charge in [-0.15, -0.1) is 0 Å². The minimum atomic E-state index is -0.859. The molecule has 0 aliphatic carbocycles. The lowest BCUT2D eigenvalue weighted by molar-refractivity contribution is -0.132. The second kappa shape index (κ2) is 7.18. The minimum Gasteiger partial charge on any atom is -0.478 e. The average molecular weight is 190 g/mol. The van der Waals surface area contributed by atoms with Crippen LogP contribution in [0, 0.1) is 0 Å². The smallest absolute Gasteiger partial charge is 0.330 e. The predicted octanol–water partition coefficient (Wildman–Crippen LogP) is 1.13. The van der Waals surface area contributed by atoms with E-state index >= 15 is 0 Å². The van der Waals surface area contributed by atoms with E-state index < -0.39 is 5.97 Å². The molecule has 0 aromatic rings. The molecule has 0 rings (SSSR count). The van der Waals surface area contributed by atoms with Crippen molar-refractivity contribution in [2.45, 2.75) is 13.3 Å². The molecule has 0 bridgehead atoms. The Morgan fingerprint density at radius 1 is 1.50 bits per heavy atom. The van der Waals surface area contributed by atoms with E-state index in [-0.39, 0.29) is 6.61 Å². The molecule has 2 N–H and O–H groups in total. The van der Waals surface area contributed by atoms with Gasteiger partial charge < -0.3 is 10.2 Å². The Kier molecular flexibility index (Phi) is 6.90. The summed E-state index contributed by atoms with van der Waals surface area (Å²) >= 11 is 1.62. The molecule has 0 unspecified atom stereocenters. The number of carbonyl (C=O) groups is 1. The Labute approximate surface area is 76.5 Å². The molecule has 0 spiro atoms. The third kappa shape index (κ3) is 6.24. The van der Waals surface area contributed by atoms with Gasteiger partial charge in [0.05, 0.1) is 6.61 Å². The molecule has 4 heteroatoms. The van der Waals surface area contributed by atoms with Gasteiger partial charge in [-0.05, 0) is 19.1 Å². The molecular weight excluding hydrogens is 176 g/mol. The van der Waals surface area contributed by atoms with Gasteiger partial charge in [-0.25, -0.2) is 4.79 Å². The number of carboxylic acids is 1. The van der Waals surface area contributed by atoms with Crippen LogP contribution in [0.5, 0.6) is 0 Å². The van der Waals surface area contributed by atoms with Crippen LogP contribution in [0.2, 0.25) is 0 Å². The maximum absolute atomic E-state index is 10.3. The highest BCUT2D eigenvalue weighted by Gasteiger charge is 1.97. The molecule has 0 aliphatic heterocycles. The van der Waals surface area contributed by atoms with E-state index in [9.17, 15) is 4.79 Å².